The number of H-pyrrole nitrogens is 2. The minimum absolute atomic E-state index is 0. The predicted molar refractivity (Wildman–Crippen MR) is 139 cm³/mol. The van der Waals surface area contributed by atoms with E-state index < -0.39 is 7.12 Å². The van der Waals surface area contributed by atoms with E-state index in [4.69, 9.17) is 32.5 Å². The Labute approximate surface area is 207 Å². The van der Waals surface area contributed by atoms with Crippen molar-refractivity contribution in [3.05, 3.63) is 51.4 Å². The molecule has 1 aliphatic rings. The molecule has 10 heteroatoms. The summed E-state index contributed by atoms with van der Waals surface area (Å²) in [6.45, 7) is 8.13. The highest BCUT2D eigenvalue weighted by atomic mass is 79.9. The van der Waals surface area contributed by atoms with Gasteiger partial charge in [-0.3, -0.25) is 0 Å². The highest BCUT2D eigenvalue weighted by molar-refractivity contribution is 9.10. The lowest BCUT2D eigenvalue weighted by Crippen LogP contribution is -2.41. The van der Waals surface area contributed by atoms with Crippen LogP contribution in [0.25, 0.3) is 22.1 Å². The fraction of sp³-hybridized carbons (Fsp3) is 0.364. The summed E-state index contributed by atoms with van der Waals surface area (Å²) < 4.78 is 13.1. The molecule has 6 nitrogen and oxygen atoms in total. The van der Waals surface area contributed by atoms with Gasteiger partial charge < -0.3 is 19.3 Å². The number of halogens is 3. The number of aromatic nitrogens is 4. The molecule has 0 aliphatic carbocycles. The highest BCUT2D eigenvalue weighted by Gasteiger charge is 2.52. The molecular weight excluding hydrogens is 514 g/mol. The third-order valence-corrected chi connectivity index (χ3v) is 6.53. The number of hydrogen-bond donors (Lipinski definition) is 2. The SMILES string of the molecule is C.C.CC1(C)OB(c2cc(Cl)nc3[nH]ccc23)OC1(C)C.Clc1cc(Br)c2cc[nH]c2n1. The summed E-state index contributed by atoms with van der Waals surface area (Å²) in [5, 5.41) is 2.95. The third kappa shape index (κ3) is 4.99. The van der Waals surface area contributed by atoms with Gasteiger partial charge in [0.2, 0.25) is 0 Å². The average molecular weight is 542 g/mol. The molecule has 0 unspecified atom stereocenters. The summed E-state index contributed by atoms with van der Waals surface area (Å²) in [6.07, 6.45) is 3.67. The smallest absolute Gasteiger partial charge is 0.399 e. The molecule has 32 heavy (non-hydrogen) atoms. The van der Waals surface area contributed by atoms with E-state index in [0.29, 0.717) is 10.3 Å². The van der Waals surface area contributed by atoms with E-state index in [1.54, 1.807) is 12.1 Å². The normalized spacial score (nSPS) is 16.3. The Kier molecular flexibility index (Phi) is 8.11. The molecular formula is C22H28BBrCl2N4O2. The van der Waals surface area contributed by atoms with E-state index in [0.717, 1.165) is 32.0 Å². The van der Waals surface area contributed by atoms with Crippen molar-refractivity contribution in [2.75, 3.05) is 0 Å². The molecule has 1 fully saturated rings. The molecule has 4 aromatic rings. The largest absolute Gasteiger partial charge is 0.495 e. The maximum Gasteiger partial charge on any atom is 0.495 e. The maximum absolute atomic E-state index is 6.06. The molecule has 0 spiro atoms. The summed E-state index contributed by atoms with van der Waals surface area (Å²) in [5.41, 5.74) is 1.74. The van der Waals surface area contributed by atoms with Crippen molar-refractivity contribution in [2.45, 2.75) is 53.8 Å². The molecule has 0 bridgehead atoms. The fourth-order valence-corrected chi connectivity index (χ4v) is 4.23. The van der Waals surface area contributed by atoms with Crippen LogP contribution in [0.5, 0.6) is 0 Å². The zero-order valence-electron chi connectivity index (χ0n) is 16.9. The van der Waals surface area contributed by atoms with Crippen molar-refractivity contribution in [3.63, 3.8) is 0 Å². The van der Waals surface area contributed by atoms with E-state index in [1.807, 2.05) is 52.2 Å². The van der Waals surface area contributed by atoms with Crippen molar-refractivity contribution in [3.8, 4) is 0 Å². The molecule has 172 valence electrons. The number of rotatable bonds is 1. The summed E-state index contributed by atoms with van der Waals surface area (Å²) in [4.78, 5) is 14.4. The second kappa shape index (κ2) is 9.73. The van der Waals surface area contributed by atoms with Crippen molar-refractivity contribution in [1.82, 2.24) is 19.9 Å². The van der Waals surface area contributed by atoms with Gasteiger partial charge in [-0.15, -0.1) is 0 Å². The monoisotopic (exact) mass is 540 g/mol. The minimum atomic E-state index is -0.427. The van der Waals surface area contributed by atoms with Crippen LogP contribution in [0.1, 0.15) is 42.5 Å². The van der Waals surface area contributed by atoms with Crippen LogP contribution in [0.4, 0.5) is 0 Å². The number of nitrogens with zero attached hydrogens (tertiary/aromatic N) is 2. The first-order valence-corrected chi connectivity index (χ1v) is 10.9. The number of aromatic amines is 2. The lowest BCUT2D eigenvalue weighted by atomic mass is 9.78. The molecule has 2 N–H and O–H groups in total. The average Bonchev–Trinajstić information content (AvgIpc) is 3.33. The van der Waals surface area contributed by atoms with Crippen LogP contribution in [0.2, 0.25) is 10.3 Å². The summed E-state index contributed by atoms with van der Waals surface area (Å²) >= 11 is 15.2. The third-order valence-electron chi connectivity index (χ3n) is 5.48. The zero-order chi connectivity index (χ0) is 21.7. The first-order chi connectivity index (χ1) is 14.1. The van der Waals surface area contributed by atoms with Crippen LogP contribution in [-0.4, -0.2) is 38.3 Å². The van der Waals surface area contributed by atoms with Gasteiger partial charge in [-0.2, -0.15) is 0 Å². The molecule has 0 aromatic carbocycles. The predicted octanol–water partition coefficient (Wildman–Crippen LogP) is 6.77. The lowest BCUT2D eigenvalue weighted by Gasteiger charge is -2.32. The Balaban J connectivity index is 0.000000241. The molecule has 0 atom stereocenters. The van der Waals surface area contributed by atoms with Crippen molar-refractivity contribution in [2.24, 2.45) is 0 Å². The second-order valence-electron chi connectivity index (χ2n) is 8.03. The molecule has 1 aliphatic heterocycles. The molecule has 4 aromatic heterocycles. The van der Waals surface area contributed by atoms with Crippen molar-refractivity contribution in [1.29, 1.82) is 0 Å². The second-order valence-corrected chi connectivity index (χ2v) is 9.66. The van der Waals surface area contributed by atoms with Gasteiger partial charge in [0.1, 0.15) is 21.6 Å². The Morgan fingerprint density at radius 2 is 1.31 bits per heavy atom. The van der Waals surface area contributed by atoms with Gasteiger partial charge >= 0.3 is 7.12 Å². The van der Waals surface area contributed by atoms with Gasteiger partial charge in [0, 0.05) is 27.6 Å². The van der Waals surface area contributed by atoms with Gasteiger partial charge in [-0.1, -0.05) is 38.1 Å². The van der Waals surface area contributed by atoms with Gasteiger partial charge in [-0.25, -0.2) is 9.97 Å². The van der Waals surface area contributed by atoms with Crippen LogP contribution in [-0.2, 0) is 9.31 Å². The fourth-order valence-electron chi connectivity index (χ4n) is 3.16. The molecule has 0 amide bonds. The highest BCUT2D eigenvalue weighted by Crippen LogP contribution is 2.37. The Morgan fingerprint density at radius 3 is 1.88 bits per heavy atom. The van der Waals surface area contributed by atoms with Gasteiger partial charge in [0.15, 0.2) is 0 Å². The van der Waals surface area contributed by atoms with Gasteiger partial charge in [0.25, 0.3) is 0 Å². The van der Waals surface area contributed by atoms with Crippen LogP contribution < -0.4 is 5.46 Å². The van der Waals surface area contributed by atoms with E-state index >= 15 is 0 Å². The first-order valence-electron chi connectivity index (χ1n) is 9.36. The maximum atomic E-state index is 6.06. The van der Waals surface area contributed by atoms with E-state index in [1.165, 1.54) is 0 Å². The molecule has 0 radical (unpaired) electrons. The van der Waals surface area contributed by atoms with Crippen LogP contribution in [0, 0.1) is 0 Å². The molecule has 5 rings (SSSR count). The summed E-state index contributed by atoms with van der Waals surface area (Å²) in [7, 11) is -0.427. The van der Waals surface area contributed by atoms with Crippen molar-refractivity contribution >= 4 is 73.8 Å². The first kappa shape index (κ1) is 26.7. The minimum Gasteiger partial charge on any atom is -0.399 e. The molecule has 0 saturated carbocycles. The van der Waals surface area contributed by atoms with E-state index in [-0.39, 0.29) is 26.1 Å². The standard InChI is InChI=1S/C13H16BClN2O2.C7H4BrClN2.2CH4/c1-12(2)13(3,4)19-14(18-12)9-7-10(15)17-11-8(9)5-6-16-11;8-5-3-6(9)11-7-4(5)1-2-10-7;;/h5-7H,1-4H3,(H,16,17);1-3H,(H,10,11);2*1H4. The molecule has 1 saturated heterocycles. The number of nitrogens with one attached hydrogen (secondary N) is 2. The molecule has 5 heterocycles. The number of hydrogen-bond acceptors (Lipinski definition) is 4. The zero-order valence-corrected chi connectivity index (χ0v) is 20.0. The summed E-state index contributed by atoms with van der Waals surface area (Å²) in [6, 6.07) is 7.49. The number of fused-ring (bicyclic) bond motifs is 2. The Hall–Kier alpha value is -1.58. The van der Waals surface area contributed by atoms with E-state index in [2.05, 4.69) is 35.9 Å². The summed E-state index contributed by atoms with van der Waals surface area (Å²) in [5.74, 6) is 0. The number of pyridine rings is 2. The van der Waals surface area contributed by atoms with Crippen LogP contribution >= 0.6 is 39.1 Å². The van der Waals surface area contributed by atoms with Gasteiger partial charge in [-0.05, 0) is 73.4 Å². The lowest BCUT2D eigenvalue weighted by molar-refractivity contribution is 0.00578. The van der Waals surface area contributed by atoms with Crippen LogP contribution in [0.3, 0.4) is 0 Å². The topological polar surface area (TPSA) is 75.8 Å². The van der Waals surface area contributed by atoms with Crippen LogP contribution in [0.15, 0.2) is 41.1 Å². The van der Waals surface area contributed by atoms with Gasteiger partial charge in [0.05, 0.1) is 11.2 Å². The van der Waals surface area contributed by atoms with Crippen molar-refractivity contribution < 1.29 is 9.31 Å². The van der Waals surface area contributed by atoms with E-state index in [9.17, 15) is 0 Å². The Morgan fingerprint density at radius 1 is 0.844 bits per heavy atom. The Bertz CT molecular complexity index is 1210. The quantitative estimate of drug-likeness (QED) is 0.206.